The van der Waals surface area contributed by atoms with Gasteiger partial charge in [-0.25, -0.2) is 0 Å². The largest absolute Gasteiger partial charge is 0.451 e. The topological polar surface area (TPSA) is 18.5 Å². The Morgan fingerprint density at radius 1 is 0.792 bits per heavy atom. The van der Waals surface area contributed by atoms with E-state index in [4.69, 9.17) is 9.47 Å². The minimum absolute atomic E-state index is 0.457. The van der Waals surface area contributed by atoms with Gasteiger partial charge in [0.1, 0.15) is 11.5 Å². The highest BCUT2D eigenvalue weighted by molar-refractivity contribution is 5.47. The summed E-state index contributed by atoms with van der Waals surface area (Å²) >= 11 is 0. The lowest BCUT2D eigenvalue weighted by Crippen LogP contribution is -2.61. The van der Waals surface area contributed by atoms with Crippen molar-refractivity contribution in [3.8, 4) is 11.5 Å². The van der Waals surface area contributed by atoms with Crippen LogP contribution in [0.3, 0.4) is 0 Å². The van der Waals surface area contributed by atoms with Gasteiger partial charge in [0.05, 0.1) is 0 Å². The van der Waals surface area contributed by atoms with E-state index in [-0.39, 0.29) is 0 Å². The predicted octanol–water partition coefficient (Wildman–Crippen LogP) is 4.99. The molecule has 1 saturated carbocycles. The number of benzene rings is 2. The lowest BCUT2D eigenvalue weighted by atomic mass is 9.68. The normalized spacial score (nSPS) is 30.1. The summed E-state index contributed by atoms with van der Waals surface area (Å²) in [6.45, 7) is 4.30. The van der Waals surface area contributed by atoms with Gasteiger partial charge in [0.15, 0.2) is 0 Å². The Bertz CT molecular complexity index is 740. The van der Waals surface area contributed by atoms with Crippen molar-refractivity contribution in [2.75, 3.05) is 0 Å². The highest BCUT2D eigenvalue weighted by atomic mass is 16.7. The standard InChI is InChI=1S/C22H24O2/c1-14-6-3-8-16-12-18-10-5-11-19-13-17-9-4-7-15(2)21(17)24-22(18,19)23-20(14)16/h3-4,6-9,18-19H,5,10-13H2,1-2H3/t18-,19-,22?/m1/s1. The maximum absolute atomic E-state index is 6.75. The fraction of sp³-hybridized carbons (Fsp3) is 0.455. The summed E-state index contributed by atoms with van der Waals surface area (Å²) in [5.74, 6) is 2.59. The number of ether oxygens (including phenoxy) is 2. The highest BCUT2D eigenvalue weighted by Gasteiger charge is 2.57. The van der Waals surface area contributed by atoms with Gasteiger partial charge in [-0.15, -0.1) is 0 Å². The Labute approximate surface area is 143 Å². The van der Waals surface area contributed by atoms with Crippen molar-refractivity contribution in [3.63, 3.8) is 0 Å². The average molecular weight is 320 g/mol. The molecule has 0 saturated heterocycles. The Morgan fingerprint density at radius 2 is 1.29 bits per heavy atom. The zero-order valence-corrected chi connectivity index (χ0v) is 14.5. The van der Waals surface area contributed by atoms with E-state index in [1.165, 1.54) is 41.5 Å². The van der Waals surface area contributed by atoms with Crippen LogP contribution in [0.5, 0.6) is 11.5 Å². The van der Waals surface area contributed by atoms with Crippen LogP contribution < -0.4 is 9.47 Å². The molecular weight excluding hydrogens is 296 g/mol. The molecule has 3 aliphatic rings. The van der Waals surface area contributed by atoms with Gasteiger partial charge in [0, 0.05) is 11.8 Å². The van der Waals surface area contributed by atoms with Gasteiger partial charge in [-0.1, -0.05) is 42.8 Å². The second-order valence-corrected chi connectivity index (χ2v) is 7.78. The molecule has 2 aromatic carbocycles. The number of para-hydroxylation sites is 2. The van der Waals surface area contributed by atoms with Gasteiger partial charge >= 0.3 is 0 Å². The first-order chi connectivity index (χ1) is 11.7. The zero-order chi connectivity index (χ0) is 16.3. The predicted molar refractivity (Wildman–Crippen MR) is 94.6 cm³/mol. The van der Waals surface area contributed by atoms with Crippen LogP contribution in [0.15, 0.2) is 36.4 Å². The molecule has 2 aliphatic heterocycles. The van der Waals surface area contributed by atoms with Crippen LogP contribution in [-0.4, -0.2) is 5.79 Å². The van der Waals surface area contributed by atoms with Gasteiger partial charge in [0.25, 0.3) is 5.79 Å². The second-order valence-electron chi connectivity index (χ2n) is 7.78. The molecular formula is C22H24O2. The van der Waals surface area contributed by atoms with Crippen LogP contribution in [0.1, 0.15) is 41.5 Å². The summed E-state index contributed by atoms with van der Waals surface area (Å²) in [6, 6.07) is 13.0. The molecule has 5 rings (SSSR count). The monoisotopic (exact) mass is 320 g/mol. The number of hydrogen-bond acceptors (Lipinski definition) is 2. The molecule has 1 aliphatic carbocycles. The lowest BCUT2D eigenvalue weighted by Gasteiger charge is -2.54. The summed E-state index contributed by atoms with van der Waals surface area (Å²) in [5, 5.41) is 0. The van der Waals surface area contributed by atoms with E-state index >= 15 is 0 Å². The molecule has 0 amide bonds. The molecule has 124 valence electrons. The van der Waals surface area contributed by atoms with E-state index in [0.29, 0.717) is 11.8 Å². The van der Waals surface area contributed by atoms with Crippen molar-refractivity contribution >= 4 is 0 Å². The molecule has 1 spiro atoms. The molecule has 0 N–H and O–H groups in total. The molecule has 2 atom stereocenters. The van der Waals surface area contributed by atoms with Crippen molar-refractivity contribution in [2.45, 2.75) is 51.7 Å². The summed E-state index contributed by atoms with van der Waals surface area (Å²) in [5.41, 5.74) is 5.16. The van der Waals surface area contributed by atoms with E-state index in [1.54, 1.807) is 0 Å². The lowest BCUT2D eigenvalue weighted by molar-refractivity contribution is -0.226. The van der Waals surface area contributed by atoms with E-state index in [1.807, 2.05) is 0 Å². The van der Waals surface area contributed by atoms with Crippen LogP contribution in [0, 0.1) is 25.7 Å². The van der Waals surface area contributed by atoms with Crippen LogP contribution in [0.2, 0.25) is 0 Å². The van der Waals surface area contributed by atoms with Crippen LogP contribution in [0.4, 0.5) is 0 Å². The van der Waals surface area contributed by atoms with E-state index in [9.17, 15) is 0 Å². The second kappa shape index (κ2) is 5.02. The molecule has 2 heterocycles. The number of rotatable bonds is 0. The smallest absolute Gasteiger partial charge is 0.257 e. The molecule has 0 unspecified atom stereocenters. The molecule has 2 heteroatoms. The third-order valence-corrected chi connectivity index (χ3v) is 6.29. The SMILES string of the molecule is Cc1cccc2c1OC13Oc4c(C)cccc4C[C@H]1CCC[C@@H]3C2. The Hall–Kier alpha value is -1.96. The van der Waals surface area contributed by atoms with Gasteiger partial charge in [-0.05, 0) is 61.8 Å². The van der Waals surface area contributed by atoms with Crippen LogP contribution >= 0.6 is 0 Å². The number of hydrogen-bond donors (Lipinski definition) is 0. The first-order valence-corrected chi connectivity index (χ1v) is 9.22. The maximum atomic E-state index is 6.75. The zero-order valence-electron chi connectivity index (χ0n) is 14.5. The summed E-state index contributed by atoms with van der Waals surface area (Å²) in [4.78, 5) is 0. The first kappa shape index (κ1) is 14.4. The van der Waals surface area contributed by atoms with Crippen molar-refractivity contribution in [1.82, 2.24) is 0 Å². The van der Waals surface area contributed by atoms with Crippen LogP contribution in [0.25, 0.3) is 0 Å². The highest BCUT2D eigenvalue weighted by Crippen LogP contribution is 2.53. The third-order valence-electron chi connectivity index (χ3n) is 6.29. The Morgan fingerprint density at radius 3 is 1.79 bits per heavy atom. The molecule has 2 nitrogen and oxygen atoms in total. The summed E-state index contributed by atoms with van der Waals surface area (Å²) in [6.07, 6.45) is 5.84. The van der Waals surface area contributed by atoms with Gasteiger partial charge < -0.3 is 9.47 Å². The van der Waals surface area contributed by atoms with E-state index in [0.717, 1.165) is 24.3 Å². The summed E-state index contributed by atoms with van der Waals surface area (Å²) in [7, 11) is 0. The molecule has 0 bridgehead atoms. The van der Waals surface area contributed by atoms with Crippen molar-refractivity contribution < 1.29 is 9.47 Å². The van der Waals surface area contributed by atoms with Gasteiger partial charge in [-0.2, -0.15) is 0 Å². The van der Waals surface area contributed by atoms with Crippen LogP contribution in [-0.2, 0) is 12.8 Å². The average Bonchev–Trinajstić information content (AvgIpc) is 2.58. The van der Waals surface area contributed by atoms with E-state index < -0.39 is 5.79 Å². The van der Waals surface area contributed by atoms with Gasteiger partial charge in [0.2, 0.25) is 0 Å². The Kier molecular flexibility index (Phi) is 3.01. The fourth-order valence-electron chi connectivity index (χ4n) is 5.08. The van der Waals surface area contributed by atoms with Crippen molar-refractivity contribution in [3.05, 3.63) is 58.7 Å². The molecule has 0 radical (unpaired) electrons. The van der Waals surface area contributed by atoms with E-state index in [2.05, 4.69) is 50.2 Å². The number of aryl methyl sites for hydroxylation is 2. The fourth-order valence-corrected chi connectivity index (χ4v) is 5.08. The number of fused-ring (bicyclic) bond motifs is 2. The molecule has 0 aromatic heterocycles. The first-order valence-electron chi connectivity index (χ1n) is 9.22. The summed E-state index contributed by atoms with van der Waals surface area (Å²) < 4.78 is 13.5. The third kappa shape index (κ3) is 1.89. The Balaban J connectivity index is 1.65. The van der Waals surface area contributed by atoms with Crippen molar-refractivity contribution in [1.29, 1.82) is 0 Å². The quantitative estimate of drug-likeness (QED) is 0.681. The molecule has 1 fully saturated rings. The molecule has 2 aromatic rings. The van der Waals surface area contributed by atoms with Crippen molar-refractivity contribution in [2.24, 2.45) is 11.8 Å². The minimum Gasteiger partial charge on any atom is -0.451 e. The minimum atomic E-state index is -0.462. The van der Waals surface area contributed by atoms with Gasteiger partial charge in [-0.3, -0.25) is 0 Å². The maximum Gasteiger partial charge on any atom is 0.257 e. The molecule has 24 heavy (non-hydrogen) atoms.